The molecule has 0 aromatic heterocycles. The van der Waals surface area contributed by atoms with Gasteiger partial charge in [-0.15, -0.1) is 0 Å². The number of aliphatic hydroxyl groups excluding tert-OH is 1. The molecular formula is C12H18BrNO3. The molecule has 0 aliphatic rings. The van der Waals surface area contributed by atoms with E-state index in [0.717, 1.165) is 0 Å². The lowest BCUT2D eigenvalue weighted by Gasteiger charge is -2.06. The molecular weight excluding hydrogens is 286 g/mol. The first kappa shape index (κ1) is 15.9. The van der Waals surface area contributed by atoms with Crippen molar-refractivity contribution in [3.05, 3.63) is 28.7 Å². The molecule has 96 valence electrons. The van der Waals surface area contributed by atoms with Gasteiger partial charge < -0.3 is 15.2 Å². The lowest BCUT2D eigenvalue weighted by Crippen LogP contribution is -2.29. The van der Waals surface area contributed by atoms with Crippen LogP contribution in [0.15, 0.2) is 28.7 Å². The number of carbonyl (C=O) groups is 1. The van der Waals surface area contributed by atoms with Crippen LogP contribution in [0.2, 0.25) is 0 Å². The van der Waals surface area contributed by atoms with Gasteiger partial charge in [0.05, 0.1) is 11.1 Å². The highest BCUT2D eigenvalue weighted by Gasteiger charge is 2.05. The highest BCUT2D eigenvalue weighted by atomic mass is 79.9. The minimum absolute atomic E-state index is 0.106. The second kappa shape index (κ2) is 10.1. The van der Waals surface area contributed by atoms with E-state index < -0.39 is 6.09 Å². The third-order valence-electron chi connectivity index (χ3n) is 1.42. The Morgan fingerprint density at radius 1 is 1.41 bits per heavy atom. The quantitative estimate of drug-likeness (QED) is 0.902. The second-order valence-corrected chi connectivity index (χ2v) is 4.03. The zero-order valence-corrected chi connectivity index (χ0v) is 11.7. The van der Waals surface area contributed by atoms with Gasteiger partial charge in [0, 0.05) is 6.54 Å². The van der Waals surface area contributed by atoms with Crippen molar-refractivity contribution in [1.29, 1.82) is 0 Å². The Morgan fingerprint density at radius 2 is 2.00 bits per heavy atom. The summed E-state index contributed by atoms with van der Waals surface area (Å²) in [5.74, 6) is 0.447. The van der Waals surface area contributed by atoms with Crippen LogP contribution in [0.5, 0.6) is 5.75 Å². The average Bonchev–Trinajstić information content (AvgIpc) is 2.30. The lowest BCUT2D eigenvalue weighted by atomic mass is 10.3. The van der Waals surface area contributed by atoms with Gasteiger partial charge in [0.15, 0.2) is 0 Å². The molecule has 0 bridgehead atoms. The van der Waals surface area contributed by atoms with E-state index >= 15 is 0 Å². The molecule has 0 spiro atoms. The first-order chi connectivity index (χ1) is 8.15. The molecule has 2 N–H and O–H groups in total. The molecule has 1 rings (SSSR count). The topological polar surface area (TPSA) is 58.6 Å². The normalized spacial score (nSPS) is 8.94. The molecule has 17 heavy (non-hydrogen) atoms. The SMILES string of the molecule is CCC.O=C(NCCO)Oc1ccccc1Br. The Balaban J connectivity index is 0.000000770. The van der Waals surface area contributed by atoms with Crippen molar-refractivity contribution in [1.82, 2.24) is 5.32 Å². The molecule has 1 amide bonds. The van der Waals surface area contributed by atoms with Gasteiger partial charge in [0.1, 0.15) is 5.75 Å². The van der Waals surface area contributed by atoms with Gasteiger partial charge >= 0.3 is 6.09 Å². The molecule has 1 aromatic rings. The minimum atomic E-state index is -0.578. The van der Waals surface area contributed by atoms with Gasteiger partial charge in [-0.3, -0.25) is 0 Å². The first-order valence-electron chi connectivity index (χ1n) is 5.46. The number of ether oxygens (including phenoxy) is 1. The monoisotopic (exact) mass is 303 g/mol. The van der Waals surface area contributed by atoms with Gasteiger partial charge in [0.25, 0.3) is 0 Å². The van der Waals surface area contributed by atoms with Crippen molar-refractivity contribution in [2.24, 2.45) is 0 Å². The summed E-state index contributed by atoms with van der Waals surface area (Å²) >= 11 is 3.24. The number of amides is 1. The maximum absolute atomic E-state index is 11.1. The number of nitrogens with one attached hydrogen (secondary N) is 1. The summed E-state index contributed by atoms with van der Waals surface area (Å²) in [5.41, 5.74) is 0. The molecule has 0 atom stereocenters. The molecule has 0 saturated heterocycles. The van der Waals surface area contributed by atoms with E-state index in [1.165, 1.54) is 6.42 Å². The molecule has 0 saturated carbocycles. The summed E-state index contributed by atoms with van der Waals surface area (Å²) < 4.78 is 5.65. The predicted octanol–water partition coefficient (Wildman–Crippen LogP) is 2.95. The Hall–Kier alpha value is -1.07. The van der Waals surface area contributed by atoms with Crippen LogP contribution < -0.4 is 10.1 Å². The predicted molar refractivity (Wildman–Crippen MR) is 71.2 cm³/mol. The number of para-hydroxylation sites is 1. The van der Waals surface area contributed by atoms with Gasteiger partial charge in [-0.25, -0.2) is 4.79 Å². The summed E-state index contributed by atoms with van der Waals surface area (Å²) in [7, 11) is 0. The van der Waals surface area contributed by atoms with Gasteiger partial charge in [-0.1, -0.05) is 32.4 Å². The van der Waals surface area contributed by atoms with Crippen LogP contribution in [0.1, 0.15) is 20.3 Å². The summed E-state index contributed by atoms with van der Waals surface area (Å²) in [6, 6.07) is 7.03. The zero-order chi connectivity index (χ0) is 13.1. The van der Waals surface area contributed by atoms with Crippen molar-refractivity contribution in [2.75, 3.05) is 13.2 Å². The maximum Gasteiger partial charge on any atom is 0.412 e. The number of carbonyl (C=O) groups excluding carboxylic acids is 1. The molecule has 0 aliphatic carbocycles. The molecule has 5 heteroatoms. The van der Waals surface area contributed by atoms with Gasteiger partial charge in [-0.2, -0.15) is 0 Å². The fourth-order valence-corrected chi connectivity index (χ4v) is 1.19. The average molecular weight is 304 g/mol. The zero-order valence-electron chi connectivity index (χ0n) is 10.1. The second-order valence-electron chi connectivity index (χ2n) is 3.18. The molecule has 0 fully saturated rings. The number of hydrogen-bond donors (Lipinski definition) is 2. The van der Waals surface area contributed by atoms with Crippen molar-refractivity contribution < 1.29 is 14.6 Å². The first-order valence-corrected chi connectivity index (χ1v) is 6.26. The van der Waals surface area contributed by atoms with Gasteiger partial charge in [-0.05, 0) is 28.1 Å². The smallest absolute Gasteiger partial charge is 0.409 e. The molecule has 0 heterocycles. The summed E-state index contributed by atoms with van der Waals surface area (Å²) in [6.07, 6.45) is 0.672. The Morgan fingerprint density at radius 3 is 2.53 bits per heavy atom. The third-order valence-corrected chi connectivity index (χ3v) is 2.08. The number of hydrogen-bond acceptors (Lipinski definition) is 3. The molecule has 1 aromatic carbocycles. The highest BCUT2D eigenvalue weighted by Crippen LogP contribution is 2.23. The maximum atomic E-state index is 11.1. The van der Waals surface area contributed by atoms with Crippen molar-refractivity contribution >= 4 is 22.0 Å². The van der Waals surface area contributed by atoms with Gasteiger partial charge in [0.2, 0.25) is 0 Å². The summed E-state index contributed by atoms with van der Waals surface area (Å²) in [6.45, 7) is 4.33. The van der Waals surface area contributed by atoms with E-state index in [4.69, 9.17) is 9.84 Å². The third kappa shape index (κ3) is 7.76. The van der Waals surface area contributed by atoms with Crippen molar-refractivity contribution in [3.8, 4) is 5.75 Å². The Kier molecular flexibility index (Phi) is 9.47. The van der Waals surface area contributed by atoms with Crippen LogP contribution in [-0.2, 0) is 0 Å². The molecule has 0 unspecified atom stereocenters. The van der Waals surface area contributed by atoms with Crippen LogP contribution in [0, 0.1) is 0 Å². The van der Waals surface area contributed by atoms with E-state index in [9.17, 15) is 4.79 Å². The van der Waals surface area contributed by atoms with Crippen LogP contribution in [-0.4, -0.2) is 24.4 Å². The van der Waals surface area contributed by atoms with E-state index in [0.29, 0.717) is 10.2 Å². The Bertz CT molecular complexity index is 331. The van der Waals surface area contributed by atoms with Crippen molar-refractivity contribution in [3.63, 3.8) is 0 Å². The number of aliphatic hydroxyl groups is 1. The van der Waals surface area contributed by atoms with Crippen LogP contribution in [0.25, 0.3) is 0 Å². The number of rotatable bonds is 3. The lowest BCUT2D eigenvalue weighted by molar-refractivity contribution is 0.195. The van der Waals surface area contributed by atoms with Crippen LogP contribution >= 0.6 is 15.9 Å². The molecule has 4 nitrogen and oxygen atoms in total. The largest absolute Gasteiger partial charge is 0.412 e. The fourth-order valence-electron chi connectivity index (χ4n) is 0.821. The van der Waals surface area contributed by atoms with Crippen molar-refractivity contribution in [2.45, 2.75) is 20.3 Å². The minimum Gasteiger partial charge on any atom is -0.409 e. The fraction of sp³-hybridized carbons (Fsp3) is 0.417. The number of benzene rings is 1. The number of halogens is 1. The molecule has 0 aliphatic heterocycles. The Labute approximate surface area is 110 Å². The summed E-state index contributed by atoms with van der Waals surface area (Å²) in [4.78, 5) is 11.1. The summed E-state index contributed by atoms with van der Waals surface area (Å²) in [5, 5.41) is 10.8. The van der Waals surface area contributed by atoms with Crippen LogP contribution in [0.3, 0.4) is 0 Å². The van der Waals surface area contributed by atoms with Crippen LogP contribution in [0.4, 0.5) is 4.79 Å². The van der Waals surface area contributed by atoms with E-state index in [1.54, 1.807) is 18.2 Å². The van der Waals surface area contributed by atoms with E-state index in [-0.39, 0.29) is 13.2 Å². The standard InChI is InChI=1S/C9H10BrNO3.C3H8/c10-7-3-1-2-4-8(7)14-9(13)11-5-6-12;1-3-2/h1-4,12H,5-6H2,(H,11,13);3H2,1-2H3. The van der Waals surface area contributed by atoms with E-state index in [1.807, 2.05) is 6.07 Å². The molecule has 0 radical (unpaired) electrons. The highest BCUT2D eigenvalue weighted by molar-refractivity contribution is 9.10. The van der Waals surface area contributed by atoms with E-state index in [2.05, 4.69) is 35.1 Å².